The summed E-state index contributed by atoms with van der Waals surface area (Å²) in [6.45, 7) is 3.83. The molecular formula is C21H22N2O4. The Kier molecular flexibility index (Phi) is 5.54. The second kappa shape index (κ2) is 8.03. The SMILES string of the molecule is CC(C)OC(=O)CCNC(=O)Cn1c2ccccc2c(=O)c2ccccc21. The van der Waals surface area contributed by atoms with E-state index in [9.17, 15) is 14.4 Å². The molecule has 0 atom stereocenters. The molecule has 27 heavy (non-hydrogen) atoms. The summed E-state index contributed by atoms with van der Waals surface area (Å²) < 4.78 is 6.88. The molecule has 6 nitrogen and oxygen atoms in total. The third-order valence-electron chi connectivity index (χ3n) is 4.20. The van der Waals surface area contributed by atoms with Gasteiger partial charge < -0.3 is 14.6 Å². The Morgan fingerprint density at radius 2 is 1.56 bits per heavy atom. The first kappa shape index (κ1) is 18.6. The molecular weight excluding hydrogens is 344 g/mol. The number of pyridine rings is 1. The second-order valence-corrected chi connectivity index (χ2v) is 6.59. The van der Waals surface area contributed by atoms with Crippen molar-refractivity contribution in [2.24, 2.45) is 0 Å². The number of para-hydroxylation sites is 2. The number of amides is 1. The van der Waals surface area contributed by atoms with Crippen LogP contribution in [-0.2, 0) is 20.9 Å². The van der Waals surface area contributed by atoms with Crippen LogP contribution in [0.5, 0.6) is 0 Å². The highest BCUT2D eigenvalue weighted by Gasteiger charge is 2.13. The van der Waals surface area contributed by atoms with Crippen molar-refractivity contribution in [2.75, 3.05) is 6.54 Å². The van der Waals surface area contributed by atoms with Gasteiger partial charge in [-0.3, -0.25) is 14.4 Å². The molecule has 0 fully saturated rings. The molecule has 0 aliphatic carbocycles. The first-order valence-corrected chi connectivity index (χ1v) is 8.94. The molecule has 1 N–H and O–H groups in total. The van der Waals surface area contributed by atoms with E-state index in [2.05, 4.69) is 5.32 Å². The summed E-state index contributed by atoms with van der Waals surface area (Å²) in [5, 5.41) is 3.89. The van der Waals surface area contributed by atoms with Crippen molar-refractivity contribution in [1.29, 1.82) is 0 Å². The zero-order chi connectivity index (χ0) is 19.4. The van der Waals surface area contributed by atoms with E-state index < -0.39 is 0 Å². The largest absolute Gasteiger partial charge is 0.463 e. The zero-order valence-electron chi connectivity index (χ0n) is 15.4. The van der Waals surface area contributed by atoms with Gasteiger partial charge in [0.15, 0.2) is 5.43 Å². The number of aromatic nitrogens is 1. The fraction of sp³-hybridized carbons (Fsp3) is 0.286. The number of carbonyl (C=O) groups is 2. The van der Waals surface area contributed by atoms with Crippen LogP contribution in [0.4, 0.5) is 0 Å². The predicted octanol–water partition coefficient (Wildman–Crippen LogP) is 2.61. The van der Waals surface area contributed by atoms with Gasteiger partial charge in [-0.2, -0.15) is 0 Å². The molecule has 3 aromatic rings. The fourth-order valence-electron chi connectivity index (χ4n) is 3.07. The van der Waals surface area contributed by atoms with Crippen molar-refractivity contribution >= 4 is 33.7 Å². The van der Waals surface area contributed by atoms with Crippen molar-refractivity contribution in [2.45, 2.75) is 32.9 Å². The molecule has 1 aromatic heterocycles. The molecule has 1 amide bonds. The number of ether oxygens (including phenoxy) is 1. The van der Waals surface area contributed by atoms with Crippen LogP contribution in [-0.4, -0.2) is 29.1 Å². The number of hydrogen-bond acceptors (Lipinski definition) is 4. The normalized spacial score (nSPS) is 11.1. The zero-order valence-corrected chi connectivity index (χ0v) is 15.4. The van der Waals surface area contributed by atoms with Gasteiger partial charge >= 0.3 is 5.97 Å². The van der Waals surface area contributed by atoms with Crippen LogP contribution in [0, 0.1) is 0 Å². The van der Waals surface area contributed by atoms with Crippen LogP contribution < -0.4 is 10.7 Å². The topological polar surface area (TPSA) is 77.4 Å². The van der Waals surface area contributed by atoms with Crippen molar-refractivity contribution in [1.82, 2.24) is 9.88 Å². The Morgan fingerprint density at radius 1 is 1.00 bits per heavy atom. The molecule has 0 aliphatic rings. The number of nitrogens with one attached hydrogen (secondary N) is 1. The van der Waals surface area contributed by atoms with Gasteiger partial charge in [0.05, 0.1) is 23.6 Å². The number of nitrogens with zero attached hydrogens (tertiary/aromatic N) is 1. The van der Waals surface area contributed by atoms with Crippen molar-refractivity contribution in [3.05, 3.63) is 58.8 Å². The van der Waals surface area contributed by atoms with E-state index in [-0.39, 0.29) is 42.9 Å². The van der Waals surface area contributed by atoms with E-state index in [1.807, 2.05) is 41.0 Å². The highest BCUT2D eigenvalue weighted by Crippen LogP contribution is 2.18. The minimum absolute atomic E-state index is 0.0470. The second-order valence-electron chi connectivity index (χ2n) is 6.59. The molecule has 0 saturated heterocycles. The number of carbonyl (C=O) groups excluding carboxylic acids is 2. The molecule has 0 saturated carbocycles. The van der Waals surface area contributed by atoms with Crippen LogP contribution >= 0.6 is 0 Å². The standard InChI is InChI=1S/C21H22N2O4/c1-14(2)27-20(25)11-12-22-19(24)13-23-17-9-5-3-7-15(17)21(26)16-8-4-6-10-18(16)23/h3-10,14H,11-13H2,1-2H3,(H,22,24). The first-order chi connectivity index (χ1) is 13.0. The molecule has 0 spiro atoms. The number of rotatable bonds is 6. The molecule has 0 radical (unpaired) electrons. The van der Waals surface area contributed by atoms with E-state index in [1.54, 1.807) is 26.0 Å². The Hall–Kier alpha value is -3.15. The third-order valence-corrected chi connectivity index (χ3v) is 4.20. The van der Waals surface area contributed by atoms with Crippen molar-refractivity contribution in [3.63, 3.8) is 0 Å². The predicted molar refractivity (Wildman–Crippen MR) is 105 cm³/mol. The fourth-order valence-corrected chi connectivity index (χ4v) is 3.07. The summed E-state index contributed by atoms with van der Waals surface area (Å²) in [6, 6.07) is 14.5. The number of esters is 1. The van der Waals surface area contributed by atoms with Gasteiger partial charge in [0.25, 0.3) is 0 Å². The summed E-state index contributed by atoms with van der Waals surface area (Å²) in [4.78, 5) is 36.7. The quantitative estimate of drug-likeness (QED) is 0.537. The van der Waals surface area contributed by atoms with Gasteiger partial charge in [0, 0.05) is 17.3 Å². The Labute approximate surface area is 156 Å². The van der Waals surface area contributed by atoms with Crippen LogP contribution in [0.3, 0.4) is 0 Å². The monoisotopic (exact) mass is 366 g/mol. The van der Waals surface area contributed by atoms with E-state index in [0.717, 1.165) is 0 Å². The lowest BCUT2D eigenvalue weighted by molar-refractivity contribution is -0.147. The maximum absolute atomic E-state index is 12.7. The summed E-state index contributed by atoms with van der Waals surface area (Å²) in [5.41, 5.74) is 1.36. The summed E-state index contributed by atoms with van der Waals surface area (Å²) >= 11 is 0. The van der Waals surface area contributed by atoms with E-state index in [1.165, 1.54) is 0 Å². The summed E-state index contributed by atoms with van der Waals surface area (Å²) in [7, 11) is 0. The average molecular weight is 366 g/mol. The minimum atomic E-state index is -0.343. The third kappa shape index (κ3) is 4.16. The Balaban J connectivity index is 1.83. The lowest BCUT2D eigenvalue weighted by Gasteiger charge is -2.15. The van der Waals surface area contributed by atoms with Crippen molar-refractivity contribution in [3.8, 4) is 0 Å². The summed E-state index contributed by atoms with van der Waals surface area (Å²) in [5.74, 6) is -0.573. The van der Waals surface area contributed by atoms with E-state index in [4.69, 9.17) is 4.74 Å². The smallest absolute Gasteiger partial charge is 0.307 e. The molecule has 0 unspecified atom stereocenters. The number of hydrogen-bond donors (Lipinski definition) is 1. The molecule has 1 heterocycles. The maximum Gasteiger partial charge on any atom is 0.307 e. The van der Waals surface area contributed by atoms with Crippen LogP contribution in [0.1, 0.15) is 20.3 Å². The average Bonchev–Trinajstić information content (AvgIpc) is 2.64. The van der Waals surface area contributed by atoms with Crippen LogP contribution in [0.2, 0.25) is 0 Å². The molecule has 0 aliphatic heterocycles. The highest BCUT2D eigenvalue weighted by molar-refractivity contribution is 5.94. The minimum Gasteiger partial charge on any atom is -0.463 e. The lowest BCUT2D eigenvalue weighted by Crippen LogP contribution is -2.31. The number of fused-ring (bicyclic) bond motifs is 2. The van der Waals surface area contributed by atoms with Gasteiger partial charge in [-0.25, -0.2) is 0 Å². The summed E-state index contributed by atoms with van der Waals surface area (Å²) in [6.07, 6.45) is -0.0534. The Bertz CT molecular complexity index is 993. The molecule has 2 aromatic carbocycles. The van der Waals surface area contributed by atoms with Crippen LogP contribution in [0.15, 0.2) is 53.3 Å². The molecule has 0 bridgehead atoms. The first-order valence-electron chi connectivity index (χ1n) is 8.94. The van der Waals surface area contributed by atoms with E-state index >= 15 is 0 Å². The van der Waals surface area contributed by atoms with Gasteiger partial charge in [-0.1, -0.05) is 24.3 Å². The lowest BCUT2D eigenvalue weighted by atomic mass is 10.1. The van der Waals surface area contributed by atoms with E-state index in [0.29, 0.717) is 21.8 Å². The molecule has 6 heteroatoms. The molecule has 3 rings (SSSR count). The van der Waals surface area contributed by atoms with Gasteiger partial charge in [0.2, 0.25) is 5.91 Å². The van der Waals surface area contributed by atoms with Gasteiger partial charge in [0.1, 0.15) is 6.54 Å². The number of benzene rings is 2. The van der Waals surface area contributed by atoms with Crippen LogP contribution in [0.25, 0.3) is 21.8 Å². The highest BCUT2D eigenvalue weighted by atomic mass is 16.5. The Morgan fingerprint density at radius 3 is 2.11 bits per heavy atom. The maximum atomic E-state index is 12.7. The van der Waals surface area contributed by atoms with Gasteiger partial charge in [-0.05, 0) is 38.1 Å². The van der Waals surface area contributed by atoms with Crippen molar-refractivity contribution < 1.29 is 14.3 Å². The van der Waals surface area contributed by atoms with Gasteiger partial charge in [-0.15, -0.1) is 0 Å². The molecule has 140 valence electrons.